The lowest BCUT2D eigenvalue weighted by Crippen LogP contribution is -2.11. The summed E-state index contributed by atoms with van der Waals surface area (Å²) in [4.78, 5) is 12.5. The van der Waals surface area contributed by atoms with Crippen LogP contribution in [0.15, 0.2) is 66.7 Å². The Morgan fingerprint density at radius 3 is 2.05 bits per heavy atom. The third-order valence-corrected chi connectivity index (χ3v) is 5.34. The lowest BCUT2D eigenvalue weighted by atomic mass is 10.0. The molecule has 190 valence electrons. The fourth-order valence-electron chi connectivity index (χ4n) is 3.37. The summed E-state index contributed by atoms with van der Waals surface area (Å²) in [5.74, 6) is -0.596. The van der Waals surface area contributed by atoms with Gasteiger partial charge in [0.1, 0.15) is 0 Å². The lowest BCUT2D eigenvalue weighted by molar-refractivity contribution is -0.143. The number of nitrogens with zero attached hydrogens (tertiary/aromatic N) is 3. The Labute approximate surface area is 210 Å². The molecule has 6 nitrogen and oxygen atoms in total. The van der Waals surface area contributed by atoms with E-state index < -0.39 is 35.0 Å². The maximum atomic E-state index is 13.1. The number of alkyl halides is 6. The number of hydrogen-bond donors (Lipinski definition) is 2. The standard InChI is InChI=1S/C24H14ClF6N5O/c25-18-5-2-14(3-6-18)15-4-7-20(19(11-15)22-33-35-36-34-22)32-21(37)8-1-13-9-16(23(26,27)28)12-17(10-13)24(29,30)31/h1-12H,(H,32,37)(H,33,34,35,36). The van der Waals surface area contributed by atoms with Crippen molar-refractivity contribution < 1.29 is 31.1 Å². The summed E-state index contributed by atoms with van der Waals surface area (Å²) >= 11 is 5.93. The Bertz CT molecular complexity index is 1420. The molecule has 4 rings (SSSR count). The normalized spacial score (nSPS) is 12.2. The smallest absolute Gasteiger partial charge is 0.322 e. The number of aromatic amines is 1. The Morgan fingerprint density at radius 2 is 1.49 bits per heavy atom. The second kappa shape index (κ2) is 10.1. The maximum absolute atomic E-state index is 13.1. The summed E-state index contributed by atoms with van der Waals surface area (Å²) in [6.45, 7) is 0. The minimum atomic E-state index is -5.00. The third-order valence-electron chi connectivity index (χ3n) is 5.09. The van der Waals surface area contributed by atoms with Crippen LogP contribution in [-0.4, -0.2) is 26.5 Å². The van der Waals surface area contributed by atoms with E-state index in [1.165, 1.54) is 0 Å². The zero-order valence-electron chi connectivity index (χ0n) is 18.3. The van der Waals surface area contributed by atoms with Gasteiger partial charge in [-0.1, -0.05) is 29.8 Å². The zero-order chi connectivity index (χ0) is 26.8. The van der Waals surface area contributed by atoms with E-state index >= 15 is 0 Å². The van der Waals surface area contributed by atoms with Crippen LogP contribution in [0.2, 0.25) is 5.02 Å². The van der Waals surface area contributed by atoms with Gasteiger partial charge in [-0.25, -0.2) is 5.10 Å². The first kappa shape index (κ1) is 25.9. The first-order chi connectivity index (χ1) is 17.4. The van der Waals surface area contributed by atoms with Crippen molar-refractivity contribution in [2.24, 2.45) is 0 Å². The molecular weight excluding hydrogens is 524 g/mol. The highest BCUT2D eigenvalue weighted by molar-refractivity contribution is 6.30. The highest BCUT2D eigenvalue weighted by Crippen LogP contribution is 2.37. The summed E-state index contributed by atoms with van der Waals surface area (Å²) < 4.78 is 78.5. The van der Waals surface area contributed by atoms with Crippen molar-refractivity contribution >= 4 is 29.3 Å². The lowest BCUT2D eigenvalue weighted by Gasteiger charge is -2.13. The van der Waals surface area contributed by atoms with Crippen LogP contribution in [0, 0.1) is 0 Å². The third kappa shape index (κ3) is 6.33. The SMILES string of the molecule is O=C(C=Cc1cc(C(F)(F)F)cc(C(F)(F)F)c1)Nc1ccc(-c2ccc(Cl)cc2)cc1-c1nnn[nH]1. The van der Waals surface area contributed by atoms with Gasteiger partial charge in [-0.3, -0.25) is 4.79 Å². The molecule has 0 aliphatic rings. The molecule has 0 radical (unpaired) electrons. The number of benzene rings is 3. The van der Waals surface area contributed by atoms with Crippen LogP contribution in [0.3, 0.4) is 0 Å². The number of carbonyl (C=O) groups is 1. The summed E-state index contributed by atoms with van der Waals surface area (Å²) in [6, 6.07) is 13.0. The molecule has 0 spiro atoms. The second-order valence-electron chi connectivity index (χ2n) is 7.68. The van der Waals surface area contributed by atoms with Crippen LogP contribution in [0.4, 0.5) is 32.0 Å². The largest absolute Gasteiger partial charge is 0.416 e. The first-order valence-electron chi connectivity index (χ1n) is 10.3. The maximum Gasteiger partial charge on any atom is 0.416 e. The molecule has 2 N–H and O–H groups in total. The number of amides is 1. The van der Waals surface area contributed by atoms with Gasteiger partial charge in [0, 0.05) is 16.7 Å². The zero-order valence-corrected chi connectivity index (χ0v) is 19.1. The predicted molar refractivity (Wildman–Crippen MR) is 124 cm³/mol. The predicted octanol–water partition coefficient (Wildman–Crippen LogP) is 6.88. The Morgan fingerprint density at radius 1 is 0.865 bits per heavy atom. The molecule has 0 saturated carbocycles. The van der Waals surface area contributed by atoms with E-state index in [0.717, 1.165) is 23.3 Å². The number of nitrogens with one attached hydrogen (secondary N) is 2. The molecule has 0 aliphatic heterocycles. The Kier molecular flexibility index (Phi) is 7.03. The number of H-pyrrole nitrogens is 1. The number of halogens is 7. The topological polar surface area (TPSA) is 83.6 Å². The van der Waals surface area contributed by atoms with Crippen molar-refractivity contribution in [3.63, 3.8) is 0 Å². The molecule has 0 unspecified atom stereocenters. The Hall–Kier alpha value is -4.19. The molecule has 0 fully saturated rings. The molecule has 0 atom stereocenters. The number of anilines is 1. The van der Waals surface area contributed by atoms with Crippen molar-refractivity contribution in [3.8, 4) is 22.5 Å². The van der Waals surface area contributed by atoms with Crippen molar-refractivity contribution in [2.45, 2.75) is 12.4 Å². The van der Waals surface area contributed by atoms with E-state index in [4.69, 9.17) is 11.6 Å². The van der Waals surface area contributed by atoms with Crippen LogP contribution >= 0.6 is 11.6 Å². The summed E-state index contributed by atoms with van der Waals surface area (Å²) in [5.41, 5.74) is -1.25. The summed E-state index contributed by atoms with van der Waals surface area (Å²) in [6.07, 6.45) is -8.32. The van der Waals surface area contributed by atoms with E-state index in [-0.39, 0.29) is 17.6 Å². The van der Waals surface area contributed by atoms with Gasteiger partial charge < -0.3 is 5.32 Å². The first-order valence-corrected chi connectivity index (χ1v) is 10.7. The number of hydrogen-bond acceptors (Lipinski definition) is 4. The van der Waals surface area contributed by atoms with Gasteiger partial charge in [-0.15, -0.1) is 5.10 Å². The summed E-state index contributed by atoms with van der Waals surface area (Å²) in [7, 11) is 0. The van der Waals surface area contributed by atoms with Gasteiger partial charge in [-0.2, -0.15) is 26.3 Å². The molecule has 0 bridgehead atoms. The van der Waals surface area contributed by atoms with Gasteiger partial charge in [-0.05, 0) is 75.7 Å². The van der Waals surface area contributed by atoms with Crippen molar-refractivity contribution in [2.75, 3.05) is 5.32 Å². The van der Waals surface area contributed by atoms with Crippen molar-refractivity contribution in [1.29, 1.82) is 0 Å². The molecule has 1 amide bonds. The van der Waals surface area contributed by atoms with Gasteiger partial charge >= 0.3 is 12.4 Å². The average Bonchev–Trinajstić information content (AvgIpc) is 3.37. The fourth-order valence-corrected chi connectivity index (χ4v) is 3.49. The molecule has 1 heterocycles. The molecule has 37 heavy (non-hydrogen) atoms. The minimum Gasteiger partial charge on any atom is -0.322 e. The minimum absolute atomic E-state index is 0.0113. The van der Waals surface area contributed by atoms with Gasteiger partial charge in [0.25, 0.3) is 0 Å². The van der Waals surface area contributed by atoms with E-state index in [9.17, 15) is 31.1 Å². The molecule has 0 saturated heterocycles. The number of carbonyl (C=O) groups excluding carboxylic acids is 1. The number of tetrazole rings is 1. The van der Waals surface area contributed by atoms with E-state index in [2.05, 4.69) is 25.9 Å². The van der Waals surface area contributed by atoms with Gasteiger partial charge in [0.15, 0.2) is 5.82 Å². The fraction of sp³-hybridized carbons (Fsp3) is 0.0833. The van der Waals surface area contributed by atoms with Crippen molar-refractivity contribution in [3.05, 3.63) is 88.5 Å². The van der Waals surface area contributed by atoms with E-state index in [1.54, 1.807) is 42.5 Å². The number of aromatic nitrogens is 4. The van der Waals surface area contributed by atoms with Gasteiger partial charge in [0.2, 0.25) is 5.91 Å². The molecule has 13 heteroatoms. The van der Waals surface area contributed by atoms with Crippen LogP contribution in [-0.2, 0) is 17.1 Å². The van der Waals surface area contributed by atoms with Crippen LogP contribution < -0.4 is 5.32 Å². The highest BCUT2D eigenvalue weighted by Gasteiger charge is 2.36. The molecule has 0 aliphatic carbocycles. The number of rotatable bonds is 5. The van der Waals surface area contributed by atoms with E-state index in [0.29, 0.717) is 22.7 Å². The average molecular weight is 538 g/mol. The van der Waals surface area contributed by atoms with Gasteiger partial charge in [0.05, 0.1) is 16.8 Å². The highest BCUT2D eigenvalue weighted by atomic mass is 35.5. The summed E-state index contributed by atoms with van der Waals surface area (Å²) in [5, 5.41) is 16.5. The molecule has 4 aromatic rings. The monoisotopic (exact) mass is 537 g/mol. The second-order valence-corrected chi connectivity index (χ2v) is 8.12. The molecule has 1 aromatic heterocycles. The quantitative estimate of drug-likeness (QED) is 0.215. The Balaban J connectivity index is 1.63. The molecule has 3 aromatic carbocycles. The molecular formula is C24H14ClF6N5O. The van der Waals surface area contributed by atoms with E-state index in [1.807, 2.05) is 0 Å². The van der Waals surface area contributed by atoms with Crippen LogP contribution in [0.5, 0.6) is 0 Å². The van der Waals surface area contributed by atoms with Crippen LogP contribution in [0.1, 0.15) is 16.7 Å². The van der Waals surface area contributed by atoms with Crippen molar-refractivity contribution in [1.82, 2.24) is 20.6 Å². The van der Waals surface area contributed by atoms with Crippen LogP contribution in [0.25, 0.3) is 28.6 Å².